The summed E-state index contributed by atoms with van der Waals surface area (Å²) in [7, 11) is 0. The Labute approximate surface area is 118 Å². The number of rotatable bonds is 6. The summed E-state index contributed by atoms with van der Waals surface area (Å²) in [6.07, 6.45) is 4.14. The van der Waals surface area contributed by atoms with Crippen molar-refractivity contribution in [2.75, 3.05) is 18.4 Å². The molecule has 0 atom stereocenters. The number of pyridine rings is 1. The van der Waals surface area contributed by atoms with Crippen molar-refractivity contribution < 1.29 is 9.21 Å². The SMILES string of the molecule is Cc1cc(NCCCNC(=O)c2occc2C)ccn1. The zero-order chi connectivity index (χ0) is 14.4. The molecule has 0 aliphatic rings. The van der Waals surface area contributed by atoms with Gasteiger partial charge in [0.2, 0.25) is 0 Å². The van der Waals surface area contributed by atoms with Crippen LogP contribution in [0.3, 0.4) is 0 Å². The predicted octanol–water partition coefficient (Wildman–Crippen LogP) is 2.52. The molecule has 2 N–H and O–H groups in total. The predicted molar refractivity (Wildman–Crippen MR) is 77.9 cm³/mol. The third kappa shape index (κ3) is 3.85. The highest BCUT2D eigenvalue weighted by atomic mass is 16.3. The largest absolute Gasteiger partial charge is 0.459 e. The molecule has 0 saturated carbocycles. The van der Waals surface area contributed by atoms with Gasteiger partial charge >= 0.3 is 0 Å². The minimum Gasteiger partial charge on any atom is -0.459 e. The maximum atomic E-state index is 11.8. The molecule has 0 unspecified atom stereocenters. The summed E-state index contributed by atoms with van der Waals surface area (Å²) in [6, 6.07) is 5.70. The molecule has 2 rings (SSSR count). The van der Waals surface area contributed by atoms with Gasteiger partial charge in [0, 0.05) is 36.2 Å². The Balaban J connectivity index is 1.67. The van der Waals surface area contributed by atoms with Crippen LogP contribution in [-0.2, 0) is 0 Å². The minimum atomic E-state index is -0.160. The molecule has 0 saturated heterocycles. The Morgan fingerprint density at radius 1 is 1.30 bits per heavy atom. The number of hydrogen-bond acceptors (Lipinski definition) is 4. The fraction of sp³-hybridized carbons (Fsp3) is 0.333. The van der Waals surface area contributed by atoms with E-state index in [2.05, 4.69) is 15.6 Å². The van der Waals surface area contributed by atoms with Crippen molar-refractivity contribution in [1.82, 2.24) is 10.3 Å². The molecule has 106 valence electrons. The van der Waals surface area contributed by atoms with Gasteiger partial charge in [-0.15, -0.1) is 0 Å². The van der Waals surface area contributed by atoms with Crippen molar-refractivity contribution >= 4 is 11.6 Å². The first-order valence-corrected chi connectivity index (χ1v) is 6.65. The molecular weight excluding hydrogens is 254 g/mol. The van der Waals surface area contributed by atoms with E-state index in [0.29, 0.717) is 12.3 Å². The van der Waals surface area contributed by atoms with Gasteiger partial charge in [-0.3, -0.25) is 9.78 Å². The van der Waals surface area contributed by atoms with Gasteiger partial charge in [-0.2, -0.15) is 0 Å². The second-order valence-electron chi connectivity index (χ2n) is 4.65. The number of nitrogens with one attached hydrogen (secondary N) is 2. The Hall–Kier alpha value is -2.30. The van der Waals surface area contributed by atoms with E-state index in [1.54, 1.807) is 12.3 Å². The summed E-state index contributed by atoms with van der Waals surface area (Å²) in [5.74, 6) is 0.231. The summed E-state index contributed by atoms with van der Waals surface area (Å²) in [5.41, 5.74) is 2.88. The molecule has 0 bridgehead atoms. The molecule has 2 aromatic rings. The van der Waals surface area contributed by atoms with Crippen LogP contribution in [0.1, 0.15) is 28.2 Å². The molecule has 0 spiro atoms. The van der Waals surface area contributed by atoms with Crippen molar-refractivity contribution in [1.29, 1.82) is 0 Å². The molecule has 0 aromatic carbocycles. The van der Waals surface area contributed by atoms with Crippen molar-refractivity contribution in [3.05, 3.63) is 47.7 Å². The van der Waals surface area contributed by atoms with Crippen molar-refractivity contribution in [3.8, 4) is 0 Å². The fourth-order valence-corrected chi connectivity index (χ4v) is 1.86. The molecule has 0 radical (unpaired) electrons. The maximum Gasteiger partial charge on any atom is 0.287 e. The van der Waals surface area contributed by atoms with Gasteiger partial charge in [0.25, 0.3) is 5.91 Å². The van der Waals surface area contributed by atoms with Crippen LogP contribution in [0.2, 0.25) is 0 Å². The lowest BCUT2D eigenvalue weighted by molar-refractivity contribution is 0.0925. The summed E-state index contributed by atoms with van der Waals surface area (Å²) in [6.45, 7) is 5.21. The molecule has 5 nitrogen and oxygen atoms in total. The van der Waals surface area contributed by atoms with Gasteiger partial charge in [-0.25, -0.2) is 0 Å². The first kappa shape index (κ1) is 14.1. The number of carbonyl (C=O) groups excluding carboxylic acids is 1. The number of nitrogens with zero attached hydrogens (tertiary/aromatic N) is 1. The molecule has 5 heteroatoms. The van der Waals surface area contributed by atoms with Gasteiger partial charge in [-0.05, 0) is 38.5 Å². The first-order chi connectivity index (χ1) is 9.66. The molecule has 2 heterocycles. The normalized spacial score (nSPS) is 10.3. The van der Waals surface area contributed by atoms with Gasteiger partial charge in [0.15, 0.2) is 5.76 Å². The van der Waals surface area contributed by atoms with Crippen molar-refractivity contribution in [2.45, 2.75) is 20.3 Å². The van der Waals surface area contributed by atoms with Gasteiger partial charge in [0.05, 0.1) is 6.26 Å². The topological polar surface area (TPSA) is 67.2 Å². The van der Waals surface area contributed by atoms with Crippen LogP contribution in [0, 0.1) is 13.8 Å². The molecule has 20 heavy (non-hydrogen) atoms. The number of hydrogen-bond donors (Lipinski definition) is 2. The number of furan rings is 1. The third-order valence-corrected chi connectivity index (χ3v) is 2.93. The fourth-order valence-electron chi connectivity index (χ4n) is 1.86. The quantitative estimate of drug-likeness (QED) is 0.794. The standard InChI is InChI=1S/C15H19N3O2/c1-11-5-9-20-14(11)15(19)18-7-3-6-17-13-4-8-16-12(2)10-13/h4-5,8-10H,3,6-7H2,1-2H3,(H,16,17)(H,18,19). The van der Waals surface area contributed by atoms with Crippen LogP contribution in [0.25, 0.3) is 0 Å². The molecular formula is C15H19N3O2. The van der Waals surface area contributed by atoms with E-state index >= 15 is 0 Å². The van der Waals surface area contributed by atoms with Crippen molar-refractivity contribution in [3.63, 3.8) is 0 Å². The number of amides is 1. The smallest absolute Gasteiger partial charge is 0.287 e. The average Bonchev–Trinajstić information content (AvgIpc) is 2.84. The van der Waals surface area contributed by atoms with E-state index < -0.39 is 0 Å². The van der Waals surface area contributed by atoms with E-state index in [-0.39, 0.29) is 5.91 Å². The summed E-state index contributed by atoms with van der Waals surface area (Å²) in [5, 5.41) is 6.13. The van der Waals surface area contributed by atoms with E-state index in [1.807, 2.05) is 26.0 Å². The van der Waals surface area contributed by atoms with Gasteiger partial charge in [0.1, 0.15) is 0 Å². The molecule has 0 aliphatic carbocycles. The summed E-state index contributed by atoms with van der Waals surface area (Å²) >= 11 is 0. The first-order valence-electron chi connectivity index (χ1n) is 6.65. The van der Waals surface area contributed by atoms with E-state index in [0.717, 1.165) is 29.9 Å². The van der Waals surface area contributed by atoms with E-state index in [4.69, 9.17) is 4.42 Å². The van der Waals surface area contributed by atoms with Crippen LogP contribution < -0.4 is 10.6 Å². The average molecular weight is 273 g/mol. The molecule has 1 amide bonds. The monoisotopic (exact) mass is 273 g/mol. The highest BCUT2D eigenvalue weighted by Gasteiger charge is 2.11. The number of aromatic nitrogens is 1. The molecule has 0 fully saturated rings. The lowest BCUT2D eigenvalue weighted by atomic mass is 10.2. The lowest BCUT2D eigenvalue weighted by Gasteiger charge is -2.07. The molecule has 2 aromatic heterocycles. The summed E-state index contributed by atoms with van der Waals surface area (Å²) < 4.78 is 5.13. The van der Waals surface area contributed by atoms with Crippen LogP contribution in [-0.4, -0.2) is 24.0 Å². The number of carbonyl (C=O) groups is 1. The lowest BCUT2D eigenvalue weighted by Crippen LogP contribution is -2.26. The highest BCUT2D eigenvalue weighted by molar-refractivity contribution is 5.92. The Kier molecular flexibility index (Phi) is 4.76. The second kappa shape index (κ2) is 6.75. The maximum absolute atomic E-state index is 11.8. The van der Waals surface area contributed by atoms with Crippen LogP contribution >= 0.6 is 0 Å². The van der Waals surface area contributed by atoms with E-state index in [1.165, 1.54) is 6.26 Å². The van der Waals surface area contributed by atoms with E-state index in [9.17, 15) is 4.79 Å². The number of aryl methyl sites for hydroxylation is 2. The van der Waals surface area contributed by atoms with Crippen molar-refractivity contribution in [2.24, 2.45) is 0 Å². The summed E-state index contributed by atoms with van der Waals surface area (Å²) in [4.78, 5) is 15.9. The zero-order valence-corrected chi connectivity index (χ0v) is 11.8. The van der Waals surface area contributed by atoms with Crippen LogP contribution in [0.4, 0.5) is 5.69 Å². The zero-order valence-electron chi connectivity index (χ0n) is 11.8. The van der Waals surface area contributed by atoms with Crippen LogP contribution in [0.5, 0.6) is 0 Å². The number of anilines is 1. The highest BCUT2D eigenvalue weighted by Crippen LogP contribution is 2.08. The Morgan fingerprint density at radius 2 is 2.15 bits per heavy atom. The Bertz CT molecular complexity index is 578. The molecule has 0 aliphatic heterocycles. The second-order valence-corrected chi connectivity index (χ2v) is 4.65. The van der Waals surface area contributed by atoms with Gasteiger partial charge < -0.3 is 15.1 Å². The van der Waals surface area contributed by atoms with Gasteiger partial charge in [-0.1, -0.05) is 0 Å². The minimum absolute atomic E-state index is 0.160. The third-order valence-electron chi connectivity index (χ3n) is 2.93. The Morgan fingerprint density at radius 3 is 2.85 bits per heavy atom. The van der Waals surface area contributed by atoms with Crippen LogP contribution in [0.15, 0.2) is 35.1 Å².